The summed E-state index contributed by atoms with van der Waals surface area (Å²) in [6.45, 7) is 4.00. The van der Waals surface area contributed by atoms with Gasteiger partial charge in [0.25, 0.3) is 0 Å². The Morgan fingerprint density at radius 3 is 1.81 bits per heavy atom. The van der Waals surface area contributed by atoms with Crippen molar-refractivity contribution >= 4 is 36.9 Å². The first-order valence-electron chi connectivity index (χ1n) is 8.13. The average molecular weight is 387 g/mol. The number of rotatable bonds is 6. The lowest BCUT2D eigenvalue weighted by Gasteiger charge is -1.99. The molecule has 3 aromatic rings. The Balaban J connectivity index is 1.84. The zero-order chi connectivity index (χ0) is 18.5. The molecule has 0 aliphatic heterocycles. The smallest absolute Gasteiger partial charge is 0.216 e. The summed E-state index contributed by atoms with van der Waals surface area (Å²) in [5.74, 6) is 1.57. The molecule has 0 atom stereocenters. The van der Waals surface area contributed by atoms with Crippen LogP contribution in [0.5, 0.6) is 0 Å². The summed E-state index contributed by atoms with van der Waals surface area (Å²) in [6, 6.07) is 7.82. The van der Waals surface area contributed by atoms with Crippen LogP contribution in [0.3, 0.4) is 0 Å². The van der Waals surface area contributed by atoms with Gasteiger partial charge in [-0.2, -0.15) is 29.8 Å². The van der Waals surface area contributed by atoms with E-state index in [1.165, 1.54) is 0 Å². The fraction of sp³-hybridized carbons (Fsp3) is 0.250. The first kappa shape index (κ1) is 18.1. The van der Waals surface area contributed by atoms with Crippen molar-refractivity contribution in [3.05, 3.63) is 56.6 Å². The SMILES string of the molecule is CCc1n[nH]c(=S)n1/N=C\c1cccc(/C=N\n2c(CC)n[nH]c2=S)c1. The Hall–Kier alpha value is -2.72. The molecule has 0 radical (unpaired) electrons. The fourth-order valence-electron chi connectivity index (χ4n) is 2.31. The Morgan fingerprint density at radius 1 is 0.923 bits per heavy atom. The maximum atomic E-state index is 5.19. The predicted octanol–water partition coefficient (Wildman–Crippen LogP) is 3.08. The van der Waals surface area contributed by atoms with Crippen LogP contribution in [0.4, 0.5) is 0 Å². The number of aryl methyl sites for hydroxylation is 2. The summed E-state index contributed by atoms with van der Waals surface area (Å²) in [5, 5.41) is 22.6. The highest BCUT2D eigenvalue weighted by Crippen LogP contribution is 2.04. The van der Waals surface area contributed by atoms with Gasteiger partial charge < -0.3 is 0 Å². The monoisotopic (exact) mass is 386 g/mol. The number of nitrogens with one attached hydrogen (secondary N) is 2. The maximum Gasteiger partial charge on any atom is 0.216 e. The van der Waals surface area contributed by atoms with Gasteiger partial charge in [-0.3, -0.25) is 10.2 Å². The van der Waals surface area contributed by atoms with Crippen LogP contribution in [0.2, 0.25) is 0 Å². The van der Waals surface area contributed by atoms with E-state index < -0.39 is 0 Å². The van der Waals surface area contributed by atoms with Gasteiger partial charge in [0.15, 0.2) is 11.6 Å². The van der Waals surface area contributed by atoms with Gasteiger partial charge in [-0.25, -0.2) is 0 Å². The molecule has 0 saturated carbocycles. The zero-order valence-electron chi connectivity index (χ0n) is 14.4. The van der Waals surface area contributed by atoms with E-state index in [4.69, 9.17) is 24.4 Å². The van der Waals surface area contributed by atoms with Gasteiger partial charge in [-0.1, -0.05) is 32.0 Å². The maximum absolute atomic E-state index is 5.19. The van der Waals surface area contributed by atoms with Crippen molar-refractivity contribution in [2.45, 2.75) is 26.7 Å². The highest BCUT2D eigenvalue weighted by atomic mass is 32.1. The minimum Gasteiger partial charge on any atom is -0.250 e. The molecular formula is C16H18N8S2. The van der Waals surface area contributed by atoms with E-state index in [0.717, 1.165) is 35.6 Å². The number of H-pyrrole nitrogens is 2. The van der Waals surface area contributed by atoms with Crippen LogP contribution in [0, 0.1) is 9.54 Å². The summed E-state index contributed by atoms with van der Waals surface area (Å²) in [7, 11) is 0. The molecule has 3 rings (SSSR count). The zero-order valence-corrected chi connectivity index (χ0v) is 16.0. The number of nitrogens with zero attached hydrogens (tertiary/aromatic N) is 6. The molecule has 0 amide bonds. The highest BCUT2D eigenvalue weighted by molar-refractivity contribution is 7.71. The van der Waals surface area contributed by atoms with Crippen molar-refractivity contribution in [2.24, 2.45) is 10.2 Å². The van der Waals surface area contributed by atoms with E-state index >= 15 is 0 Å². The van der Waals surface area contributed by atoms with E-state index in [0.29, 0.717) is 9.54 Å². The van der Waals surface area contributed by atoms with Gasteiger partial charge in [0.1, 0.15) is 0 Å². The largest absolute Gasteiger partial charge is 0.250 e. The van der Waals surface area contributed by atoms with Gasteiger partial charge in [0.2, 0.25) is 9.54 Å². The minimum absolute atomic E-state index is 0.470. The average Bonchev–Trinajstić information content (AvgIpc) is 3.20. The van der Waals surface area contributed by atoms with Crippen molar-refractivity contribution in [1.29, 1.82) is 0 Å². The predicted molar refractivity (Wildman–Crippen MR) is 106 cm³/mol. The third kappa shape index (κ3) is 3.92. The van der Waals surface area contributed by atoms with Crippen LogP contribution in [0.1, 0.15) is 36.6 Å². The van der Waals surface area contributed by atoms with Crippen LogP contribution >= 0.6 is 24.4 Å². The van der Waals surface area contributed by atoms with Gasteiger partial charge in [0, 0.05) is 12.8 Å². The van der Waals surface area contributed by atoms with Crippen molar-refractivity contribution < 1.29 is 0 Å². The molecule has 2 aromatic heterocycles. The third-order valence-corrected chi connectivity index (χ3v) is 4.15. The van der Waals surface area contributed by atoms with Crippen LogP contribution in [0.25, 0.3) is 0 Å². The molecule has 2 N–H and O–H groups in total. The minimum atomic E-state index is 0.470. The molecule has 26 heavy (non-hydrogen) atoms. The van der Waals surface area contributed by atoms with Crippen molar-refractivity contribution in [3.8, 4) is 0 Å². The molecule has 0 bridgehead atoms. The van der Waals surface area contributed by atoms with Crippen LogP contribution in [0.15, 0.2) is 34.5 Å². The molecule has 1 aromatic carbocycles. The highest BCUT2D eigenvalue weighted by Gasteiger charge is 2.02. The van der Waals surface area contributed by atoms with E-state index in [2.05, 4.69) is 30.6 Å². The van der Waals surface area contributed by atoms with Crippen molar-refractivity contribution in [1.82, 2.24) is 29.7 Å². The van der Waals surface area contributed by atoms with Crippen LogP contribution in [-0.2, 0) is 12.8 Å². The lowest BCUT2D eigenvalue weighted by atomic mass is 10.1. The van der Waals surface area contributed by atoms with Gasteiger partial charge in [-0.15, -0.1) is 0 Å². The van der Waals surface area contributed by atoms with E-state index in [1.807, 2.05) is 38.1 Å². The number of aromatic nitrogens is 6. The molecule has 2 heterocycles. The first-order valence-corrected chi connectivity index (χ1v) is 8.95. The molecule has 0 fully saturated rings. The summed E-state index contributed by atoms with van der Waals surface area (Å²) in [6.07, 6.45) is 4.95. The molecule has 10 heteroatoms. The lowest BCUT2D eigenvalue weighted by molar-refractivity contribution is 0.780. The fourth-order valence-corrected chi connectivity index (χ4v) is 2.71. The Labute approximate surface area is 160 Å². The number of benzene rings is 1. The topological polar surface area (TPSA) is 91.9 Å². The van der Waals surface area contributed by atoms with Crippen LogP contribution < -0.4 is 0 Å². The number of hydrogen-bond donors (Lipinski definition) is 2. The summed E-state index contributed by atoms with van der Waals surface area (Å²) >= 11 is 10.4. The second kappa shape index (κ2) is 8.11. The molecule has 0 aliphatic rings. The number of hydrogen-bond acceptors (Lipinski definition) is 6. The Bertz CT molecular complexity index is 985. The summed E-state index contributed by atoms with van der Waals surface area (Å²) in [4.78, 5) is 0. The summed E-state index contributed by atoms with van der Waals surface area (Å²) < 4.78 is 4.18. The Morgan fingerprint density at radius 2 is 1.38 bits per heavy atom. The van der Waals surface area contributed by atoms with E-state index in [-0.39, 0.29) is 0 Å². The van der Waals surface area contributed by atoms with Gasteiger partial charge in [-0.05, 0) is 41.6 Å². The molecule has 0 spiro atoms. The molecule has 0 saturated heterocycles. The molecular weight excluding hydrogens is 368 g/mol. The van der Waals surface area contributed by atoms with Gasteiger partial charge >= 0.3 is 0 Å². The quantitative estimate of drug-likeness (QED) is 0.503. The lowest BCUT2D eigenvalue weighted by Crippen LogP contribution is -1.98. The number of aromatic amines is 2. The van der Waals surface area contributed by atoms with E-state index in [9.17, 15) is 0 Å². The second-order valence-electron chi connectivity index (χ2n) is 5.38. The molecule has 134 valence electrons. The first-order chi connectivity index (χ1) is 12.6. The molecule has 0 aliphatic carbocycles. The van der Waals surface area contributed by atoms with E-state index in [1.54, 1.807) is 21.8 Å². The second-order valence-corrected chi connectivity index (χ2v) is 6.15. The third-order valence-electron chi connectivity index (χ3n) is 3.62. The standard InChI is InChI=1S/C16H18N8S2/c1-3-13-19-21-15(25)23(13)17-9-11-6-5-7-12(8-11)10-18-24-14(4-2)20-22-16(24)26/h5-10H,3-4H2,1-2H3,(H,21,25)(H,22,26)/b17-9-,18-10-. The Kier molecular flexibility index (Phi) is 5.64. The molecule has 0 unspecified atom stereocenters. The van der Waals surface area contributed by atoms with Gasteiger partial charge in [0.05, 0.1) is 12.4 Å². The summed E-state index contributed by atoms with van der Waals surface area (Å²) in [5.41, 5.74) is 1.84. The van der Waals surface area contributed by atoms with Crippen molar-refractivity contribution in [2.75, 3.05) is 0 Å². The molecule has 8 nitrogen and oxygen atoms in total. The van der Waals surface area contributed by atoms with Crippen molar-refractivity contribution in [3.63, 3.8) is 0 Å². The normalized spacial score (nSPS) is 11.8. The van der Waals surface area contributed by atoms with Crippen LogP contribution in [-0.4, -0.2) is 42.2 Å².